The Hall–Kier alpha value is -1.04. The van der Waals surface area contributed by atoms with E-state index in [9.17, 15) is 9.90 Å². The number of thioether (sulfide) groups is 1. The number of benzene rings is 1. The van der Waals surface area contributed by atoms with Gasteiger partial charge in [-0.2, -0.15) is 0 Å². The number of nitrogens with zero attached hydrogens (tertiary/aromatic N) is 2. The van der Waals surface area contributed by atoms with Gasteiger partial charge in [0.15, 0.2) is 0 Å². The maximum atomic E-state index is 11.4. The predicted octanol–water partition coefficient (Wildman–Crippen LogP) is 2.00. The van der Waals surface area contributed by atoms with Crippen LogP contribution in [-0.2, 0) is 11.3 Å². The summed E-state index contributed by atoms with van der Waals surface area (Å²) >= 11 is 1.71. The molecule has 0 saturated carbocycles. The van der Waals surface area contributed by atoms with Crippen LogP contribution in [-0.4, -0.2) is 59.9 Å². The van der Waals surface area contributed by atoms with Crippen LogP contribution in [0.2, 0.25) is 0 Å². The number of hydrogen-bond acceptors (Lipinski definition) is 4. The number of carboxylic acids is 1. The molecule has 1 aliphatic heterocycles. The molecule has 0 radical (unpaired) electrons. The fraction of sp³-hybridized carbons (Fsp3) is 0.533. The van der Waals surface area contributed by atoms with Gasteiger partial charge < -0.3 is 10.0 Å². The van der Waals surface area contributed by atoms with Gasteiger partial charge >= 0.3 is 5.97 Å². The zero-order chi connectivity index (χ0) is 14.7. The van der Waals surface area contributed by atoms with Gasteiger partial charge in [-0.25, -0.2) is 0 Å². The molecule has 1 aromatic carbocycles. The third-order valence-corrected chi connectivity index (χ3v) is 4.64. The Kier molecular flexibility index (Phi) is 5.07. The highest BCUT2D eigenvalue weighted by molar-refractivity contribution is 7.98. The molecule has 1 N–H and O–H groups in total. The van der Waals surface area contributed by atoms with E-state index >= 15 is 0 Å². The van der Waals surface area contributed by atoms with Gasteiger partial charge in [-0.15, -0.1) is 11.8 Å². The van der Waals surface area contributed by atoms with Crippen LogP contribution in [0.4, 0.5) is 0 Å². The first-order chi connectivity index (χ1) is 9.51. The first-order valence-corrected chi connectivity index (χ1v) is 8.00. The van der Waals surface area contributed by atoms with Gasteiger partial charge in [-0.05, 0) is 44.5 Å². The Morgan fingerprint density at radius 3 is 2.85 bits per heavy atom. The normalized spacial score (nSPS) is 23.4. The van der Waals surface area contributed by atoms with Gasteiger partial charge in [-0.1, -0.05) is 12.1 Å². The van der Waals surface area contributed by atoms with Crippen LogP contribution in [0, 0.1) is 0 Å². The molecule has 1 fully saturated rings. The van der Waals surface area contributed by atoms with Crippen LogP contribution < -0.4 is 0 Å². The lowest BCUT2D eigenvalue weighted by molar-refractivity contribution is -0.142. The van der Waals surface area contributed by atoms with E-state index in [0.29, 0.717) is 19.0 Å². The molecule has 1 saturated heterocycles. The van der Waals surface area contributed by atoms with Crippen LogP contribution in [0.5, 0.6) is 0 Å². The molecule has 1 heterocycles. The van der Waals surface area contributed by atoms with Crippen LogP contribution >= 0.6 is 11.8 Å². The van der Waals surface area contributed by atoms with Gasteiger partial charge in [0.1, 0.15) is 6.04 Å². The molecule has 1 aromatic rings. The van der Waals surface area contributed by atoms with Crippen LogP contribution in [0.25, 0.3) is 0 Å². The molecule has 0 aromatic heterocycles. The van der Waals surface area contributed by atoms with Gasteiger partial charge in [0, 0.05) is 24.0 Å². The zero-order valence-electron chi connectivity index (χ0n) is 12.2. The molecule has 2 rings (SSSR count). The van der Waals surface area contributed by atoms with Crippen molar-refractivity contribution in [1.29, 1.82) is 0 Å². The summed E-state index contributed by atoms with van der Waals surface area (Å²) in [7, 11) is 4.03. The number of carbonyl (C=O) groups is 1. The molecule has 2 atom stereocenters. The van der Waals surface area contributed by atoms with Gasteiger partial charge in [0.25, 0.3) is 0 Å². The number of rotatable bonds is 5. The third kappa shape index (κ3) is 3.53. The number of likely N-dealkylation sites (tertiary alicyclic amines) is 1. The fourth-order valence-corrected chi connectivity index (χ4v) is 3.17. The van der Waals surface area contributed by atoms with Crippen molar-refractivity contribution in [1.82, 2.24) is 9.80 Å². The number of carboxylic acid groups (broad SMARTS) is 1. The number of hydrogen-bond donors (Lipinski definition) is 1. The molecule has 0 aliphatic carbocycles. The highest BCUT2D eigenvalue weighted by atomic mass is 32.2. The maximum Gasteiger partial charge on any atom is 0.320 e. The summed E-state index contributed by atoms with van der Waals surface area (Å²) in [5.41, 5.74) is 1.18. The second kappa shape index (κ2) is 6.61. The first-order valence-electron chi connectivity index (χ1n) is 6.77. The summed E-state index contributed by atoms with van der Waals surface area (Å²) in [6.45, 7) is 1.52. The monoisotopic (exact) mass is 294 g/mol. The highest BCUT2D eigenvalue weighted by Gasteiger charge is 2.37. The molecule has 0 amide bonds. The molecule has 0 spiro atoms. The lowest BCUT2D eigenvalue weighted by Gasteiger charge is -2.22. The average molecular weight is 294 g/mol. The van der Waals surface area contributed by atoms with Crippen LogP contribution in [0.15, 0.2) is 29.2 Å². The second-order valence-corrected chi connectivity index (χ2v) is 6.37. The third-order valence-electron chi connectivity index (χ3n) is 3.92. The van der Waals surface area contributed by atoms with E-state index in [2.05, 4.69) is 34.3 Å². The van der Waals surface area contributed by atoms with Crippen molar-refractivity contribution in [2.45, 2.75) is 29.9 Å². The summed E-state index contributed by atoms with van der Waals surface area (Å²) in [4.78, 5) is 16.8. The van der Waals surface area contributed by atoms with E-state index in [1.54, 1.807) is 11.8 Å². The smallest absolute Gasteiger partial charge is 0.320 e. The molecule has 1 aliphatic rings. The Morgan fingerprint density at radius 2 is 2.25 bits per heavy atom. The van der Waals surface area contributed by atoms with Gasteiger partial charge in [0.05, 0.1) is 0 Å². The van der Waals surface area contributed by atoms with Crippen molar-refractivity contribution in [3.8, 4) is 0 Å². The Morgan fingerprint density at radius 1 is 1.50 bits per heavy atom. The number of likely N-dealkylation sites (N-methyl/N-ethyl adjacent to an activating group) is 1. The van der Waals surface area contributed by atoms with Gasteiger partial charge in [-0.3, -0.25) is 9.69 Å². The average Bonchev–Trinajstić information content (AvgIpc) is 2.83. The Bertz CT molecular complexity index is 479. The quantitative estimate of drug-likeness (QED) is 0.842. The summed E-state index contributed by atoms with van der Waals surface area (Å²) in [5, 5.41) is 9.40. The summed E-state index contributed by atoms with van der Waals surface area (Å²) in [6.07, 6.45) is 2.75. The van der Waals surface area contributed by atoms with Crippen molar-refractivity contribution in [2.24, 2.45) is 0 Å². The largest absolute Gasteiger partial charge is 0.480 e. The molecule has 20 heavy (non-hydrogen) atoms. The maximum absolute atomic E-state index is 11.4. The molecule has 0 unspecified atom stereocenters. The molecule has 0 bridgehead atoms. The number of aliphatic carboxylic acids is 1. The van der Waals surface area contributed by atoms with Crippen molar-refractivity contribution in [3.05, 3.63) is 29.8 Å². The van der Waals surface area contributed by atoms with Crippen LogP contribution in [0.3, 0.4) is 0 Å². The first kappa shape index (κ1) is 15.4. The van der Waals surface area contributed by atoms with E-state index in [-0.39, 0.29) is 6.04 Å². The van der Waals surface area contributed by atoms with Crippen molar-refractivity contribution in [2.75, 3.05) is 26.9 Å². The lowest BCUT2D eigenvalue weighted by atomic mass is 10.1. The minimum Gasteiger partial charge on any atom is -0.480 e. The minimum atomic E-state index is -0.713. The molecule has 4 nitrogen and oxygen atoms in total. The standard InChI is InChI=1S/C15H22N2O2S/c1-16(2)12-8-14(15(18)19)17(10-12)9-11-5-4-6-13(7-11)20-3/h4-7,12,14H,8-10H2,1-3H3,(H,18,19)/t12-,14+/m1/s1. The topological polar surface area (TPSA) is 43.8 Å². The van der Waals surface area contributed by atoms with E-state index in [4.69, 9.17) is 0 Å². The molecular weight excluding hydrogens is 272 g/mol. The predicted molar refractivity (Wildman–Crippen MR) is 82.1 cm³/mol. The minimum absolute atomic E-state index is 0.319. The van der Waals surface area contributed by atoms with Crippen molar-refractivity contribution >= 4 is 17.7 Å². The molecule has 110 valence electrons. The van der Waals surface area contributed by atoms with E-state index in [0.717, 1.165) is 6.54 Å². The Labute approximate surface area is 124 Å². The highest BCUT2D eigenvalue weighted by Crippen LogP contribution is 2.24. The second-order valence-electron chi connectivity index (χ2n) is 5.49. The SMILES string of the molecule is CSc1cccc(CN2C[C@H](N(C)C)C[C@H]2C(=O)O)c1. The zero-order valence-corrected chi connectivity index (χ0v) is 13.1. The molecule has 5 heteroatoms. The van der Waals surface area contributed by atoms with Crippen molar-refractivity contribution in [3.63, 3.8) is 0 Å². The molecular formula is C15H22N2O2S. The summed E-state index contributed by atoms with van der Waals surface area (Å²) in [6, 6.07) is 8.28. The van der Waals surface area contributed by atoms with E-state index in [1.165, 1.54) is 10.5 Å². The Balaban J connectivity index is 2.11. The summed E-state index contributed by atoms with van der Waals surface area (Å²) in [5.74, 6) is -0.713. The van der Waals surface area contributed by atoms with E-state index in [1.807, 2.05) is 20.2 Å². The van der Waals surface area contributed by atoms with E-state index < -0.39 is 5.97 Å². The summed E-state index contributed by atoms with van der Waals surface area (Å²) < 4.78 is 0. The van der Waals surface area contributed by atoms with Crippen molar-refractivity contribution < 1.29 is 9.90 Å². The lowest BCUT2D eigenvalue weighted by Crippen LogP contribution is -2.35. The van der Waals surface area contributed by atoms with Gasteiger partial charge in [0.2, 0.25) is 0 Å². The fourth-order valence-electron chi connectivity index (χ4n) is 2.69. The van der Waals surface area contributed by atoms with Crippen LogP contribution in [0.1, 0.15) is 12.0 Å².